The van der Waals surface area contributed by atoms with Crippen LogP contribution in [0, 0.1) is 6.92 Å². The monoisotopic (exact) mass is 204 g/mol. The number of fused-ring (bicyclic) bond motifs is 1. The topological polar surface area (TPSA) is 54.6 Å². The Morgan fingerprint density at radius 2 is 2.40 bits per heavy atom. The number of imidazole rings is 1. The highest BCUT2D eigenvalue weighted by atomic mass is 16.4. The molecule has 78 valence electrons. The van der Waals surface area contributed by atoms with Gasteiger partial charge in [-0.3, -0.25) is 4.79 Å². The number of rotatable bonds is 3. The maximum atomic E-state index is 10.4. The highest BCUT2D eigenvalue weighted by molar-refractivity contribution is 5.67. The van der Waals surface area contributed by atoms with Gasteiger partial charge >= 0.3 is 5.97 Å². The molecular weight excluding hydrogens is 192 g/mol. The summed E-state index contributed by atoms with van der Waals surface area (Å²) >= 11 is 0. The van der Waals surface area contributed by atoms with Crippen LogP contribution in [-0.2, 0) is 11.2 Å². The molecule has 1 N–H and O–H groups in total. The van der Waals surface area contributed by atoms with E-state index in [0.29, 0.717) is 6.42 Å². The quantitative estimate of drug-likeness (QED) is 0.827. The molecule has 0 spiro atoms. The van der Waals surface area contributed by atoms with E-state index in [9.17, 15) is 4.79 Å². The fourth-order valence-electron chi connectivity index (χ4n) is 1.59. The highest BCUT2D eigenvalue weighted by Gasteiger charge is 2.02. The Labute approximate surface area is 87.2 Å². The van der Waals surface area contributed by atoms with Crippen LogP contribution in [-0.4, -0.2) is 20.5 Å². The molecule has 0 aliphatic heterocycles. The molecule has 0 amide bonds. The second-order valence-corrected chi connectivity index (χ2v) is 3.53. The number of pyridine rings is 1. The van der Waals surface area contributed by atoms with E-state index >= 15 is 0 Å². The van der Waals surface area contributed by atoms with Crippen LogP contribution >= 0.6 is 0 Å². The summed E-state index contributed by atoms with van der Waals surface area (Å²) in [5.41, 5.74) is 2.04. The predicted octanol–water partition coefficient (Wildman–Crippen LogP) is 1.66. The van der Waals surface area contributed by atoms with Crippen molar-refractivity contribution in [2.75, 3.05) is 0 Å². The molecule has 4 nitrogen and oxygen atoms in total. The second kappa shape index (κ2) is 3.73. The van der Waals surface area contributed by atoms with Crippen molar-refractivity contribution in [2.45, 2.75) is 19.8 Å². The van der Waals surface area contributed by atoms with Crippen molar-refractivity contribution in [3.63, 3.8) is 0 Å². The van der Waals surface area contributed by atoms with Gasteiger partial charge in [0.15, 0.2) is 0 Å². The first kappa shape index (κ1) is 9.71. The lowest BCUT2D eigenvalue weighted by molar-refractivity contribution is -0.136. The lowest BCUT2D eigenvalue weighted by Crippen LogP contribution is -1.98. The van der Waals surface area contributed by atoms with Crippen molar-refractivity contribution < 1.29 is 9.90 Å². The van der Waals surface area contributed by atoms with Gasteiger partial charge < -0.3 is 9.51 Å². The number of carboxylic acid groups (broad SMARTS) is 1. The van der Waals surface area contributed by atoms with Crippen molar-refractivity contribution in [3.05, 3.63) is 35.9 Å². The molecule has 2 aromatic heterocycles. The molecule has 0 saturated heterocycles. The van der Waals surface area contributed by atoms with Gasteiger partial charge in [0.1, 0.15) is 5.82 Å². The Kier molecular flexibility index (Phi) is 2.41. The van der Waals surface area contributed by atoms with Crippen LogP contribution in [0.1, 0.15) is 17.8 Å². The van der Waals surface area contributed by atoms with Gasteiger partial charge in [0.25, 0.3) is 0 Å². The summed E-state index contributed by atoms with van der Waals surface area (Å²) in [6.45, 7) is 1.93. The zero-order chi connectivity index (χ0) is 10.8. The predicted molar refractivity (Wildman–Crippen MR) is 55.9 cm³/mol. The molecule has 0 aliphatic carbocycles. The van der Waals surface area contributed by atoms with E-state index in [2.05, 4.69) is 4.98 Å². The lowest BCUT2D eigenvalue weighted by Gasteiger charge is -2.01. The number of hydrogen-bond acceptors (Lipinski definition) is 2. The van der Waals surface area contributed by atoms with Crippen LogP contribution in [0.15, 0.2) is 24.5 Å². The smallest absolute Gasteiger partial charge is 0.303 e. The average molecular weight is 204 g/mol. The third-order valence-corrected chi connectivity index (χ3v) is 2.41. The average Bonchev–Trinajstić information content (AvgIpc) is 2.57. The Balaban J connectivity index is 2.27. The van der Waals surface area contributed by atoms with Gasteiger partial charge in [-0.25, -0.2) is 4.98 Å². The molecule has 0 bridgehead atoms. The second-order valence-electron chi connectivity index (χ2n) is 3.53. The van der Waals surface area contributed by atoms with Crippen LogP contribution in [0.3, 0.4) is 0 Å². The Bertz CT molecular complexity index is 502. The van der Waals surface area contributed by atoms with E-state index in [0.717, 1.165) is 16.9 Å². The van der Waals surface area contributed by atoms with E-state index in [4.69, 9.17) is 5.11 Å². The molecular formula is C11H12N2O2. The van der Waals surface area contributed by atoms with Gasteiger partial charge in [-0.15, -0.1) is 0 Å². The Morgan fingerprint density at radius 3 is 3.13 bits per heavy atom. The van der Waals surface area contributed by atoms with E-state index in [-0.39, 0.29) is 6.42 Å². The molecule has 0 saturated carbocycles. The molecule has 0 aromatic carbocycles. The van der Waals surface area contributed by atoms with Crippen LogP contribution in [0.5, 0.6) is 0 Å². The Hall–Kier alpha value is -1.84. The van der Waals surface area contributed by atoms with Crippen molar-refractivity contribution in [3.8, 4) is 0 Å². The Morgan fingerprint density at radius 1 is 1.60 bits per heavy atom. The maximum Gasteiger partial charge on any atom is 0.303 e. The molecule has 2 rings (SSSR count). The summed E-state index contributed by atoms with van der Waals surface area (Å²) in [5.74, 6) is 0.175. The van der Waals surface area contributed by atoms with E-state index in [1.165, 1.54) is 0 Å². The normalized spacial score (nSPS) is 10.7. The fourth-order valence-corrected chi connectivity index (χ4v) is 1.59. The largest absolute Gasteiger partial charge is 0.481 e. The summed E-state index contributed by atoms with van der Waals surface area (Å²) in [6.07, 6.45) is 4.45. The summed E-state index contributed by atoms with van der Waals surface area (Å²) < 4.78 is 1.98. The van der Waals surface area contributed by atoms with Gasteiger partial charge in [0.05, 0.1) is 11.7 Å². The van der Waals surface area contributed by atoms with Crippen molar-refractivity contribution in [2.24, 2.45) is 0 Å². The number of aliphatic carboxylic acids is 1. The van der Waals surface area contributed by atoms with Crippen LogP contribution in [0.4, 0.5) is 0 Å². The summed E-state index contributed by atoms with van der Waals surface area (Å²) in [7, 11) is 0. The molecule has 2 aromatic rings. The van der Waals surface area contributed by atoms with Gasteiger partial charge in [0, 0.05) is 12.6 Å². The first-order valence-electron chi connectivity index (χ1n) is 4.81. The zero-order valence-corrected chi connectivity index (χ0v) is 8.47. The molecule has 0 aliphatic rings. The first-order chi connectivity index (χ1) is 7.16. The van der Waals surface area contributed by atoms with Crippen molar-refractivity contribution >= 4 is 11.5 Å². The molecule has 4 heteroatoms. The molecule has 0 fully saturated rings. The van der Waals surface area contributed by atoms with E-state index in [1.54, 1.807) is 6.20 Å². The minimum absolute atomic E-state index is 0.170. The maximum absolute atomic E-state index is 10.4. The molecule has 0 unspecified atom stereocenters. The van der Waals surface area contributed by atoms with Crippen molar-refractivity contribution in [1.29, 1.82) is 0 Å². The number of carboxylic acids is 1. The molecule has 0 radical (unpaired) electrons. The van der Waals surface area contributed by atoms with Gasteiger partial charge in [-0.1, -0.05) is 0 Å². The van der Waals surface area contributed by atoms with Crippen LogP contribution < -0.4 is 0 Å². The third-order valence-electron chi connectivity index (χ3n) is 2.41. The number of hydrogen-bond donors (Lipinski definition) is 1. The summed E-state index contributed by atoms with van der Waals surface area (Å²) in [4.78, 5) is 14.6. The first-order valence-corrected chi connectivity index (χ1v) is 4.81. The van der Waals surface area contributed by atoms with Gasteiger partial charge in [-0.05, 0) is 31.0 Å². The van der Waals surface area contributed by atoms with E-state index < -0.39 is 5.97 Å². The standard InChI is InChI=1S/C11H12N2O2/c1-8-12-7-10-6-9(2-3-11(14)15)4-5-13(8)10/h4-7H,2-3H2,1H3,(H,14,15). The van der Waals surface area contributed by atoms with Crippen molar-refractivity contribution in [1.82, 2.24) is 9.38 Å². The zero-order valence-electron chi connectivity index (χ0n) is 8.47. The van der Waals surface area contributed by atoms with Crippen LogP contribution in [0.2, 0.25) is 0 Å². The summed E-state index contributed by atoms with van der Waals surface area (Å²) in [6, 6.07) is 3.91. The molecule has 15 heavy (non-hydrogen) atoms. The van der Waals surface area contributed by atoms with E-state index in [1.807, 2.05) is 29.7 Å². The number of carbonyl (C=O) groups is 1. The minimum Gasteiger partial charge on any atom is -0.481 e. The van der Waals surface area contributed by atoms with Crippen LogP contribution in [0.25, 0.3) is 5.52 Å². The third kappa shape index (κ3) is 1.98. The molecule has 2 heterocycles. The number of nitrogens with zero attached hydrogens (tertiary/aromatic N) is 2. The summed E-state index contributed by atoms with van der Waals surface area (Å²) in [5, 5.41) is 8.57. The minimum atomic E-state index is -0.764. The highest BCUT2D eigenvalue weighted by Crippen LogP contribution is 2.10. The SMILES string of the molecule is Cc1ncc2cc(CCC(=O)O)ccn12. The fraction of sp³-hybridized carbons (Fsp3) is 0.273. The van der Waals surface area contributed by atoms with Gasteiger partial charge in [-0.2, -0.15) is 0 Å². The number of aryl methyl sites for hydroxylation is 2. The van der Waals surface area contributed by atoms with Gasteiger partial charge in [0.2, 0.25) is 0 Å². The lowest BCUT2D eigenvalue weighted by atomic mass is 10.1. The number of aromatic nitrogens is 2. The molecule has 0 atom stereocenters.